The molecule has 4 heteroatoms. The second kappa shape index (κ2) is 3.98. The van der Waals surface area contributed by atoms with Crippen LogP contribution in [0.2, 0.25) is 0 Å². The van der Waals surface area contributed by atoms with Crippen molar-refractivity contribution in [1.82, 2.24) is 4.98 Å². The van der Waals surface area contributed by atoms with Crippen LogP contribution in [0.5, 0.6) is 0 Å². The fourth-order valence-electron chi connectivity index (χ4n) is 1.76. The number of furan rings is 1. The van der Waals surface area contributed by atoms with Crippen molar-refractivity contribution < 1.29 is 9.52 Å². The van der Waals surface area contributed by atoms with E-state index in [9.17, 15) is 5.11 Å². The maximum atomic E-state index is 10.2. The van der Waals surface area contributed by atoms with Gasteiger partial charge >= 0.3 is 0 Å². The Hall–Kier alpha value is -1.65. The molecule has 0 saturated carbocycles. The fraction of sp³-hybridized carbons (Fsp3) is 0.154. The third kappa shape index (κ3) is 1.85. The summed E-state index contributed by atoms with van der Waals surface area (Å²) in [5.41, 5.74) is 1.70. The Morgan fingerprint density at radius 2 is 2.18 bits per heavy atom. The van der Waals surface area contributed by atoms with Crippen LogP contribution in [0.25, 0.3) is 11.0 Å². The molecule has 1 atom stereocenters. The van der Waals surface area contributed by atoms with Gasteiger partial charge in [-0.1, -0.05) is 18.2 Å². The van der Waals surface area contributed by atoms with Crippen molar-refractivity contribution in [2.24, 2.45) is 0 Å². The number of aromatic nitrogens is 1. The monoisotopic (exact) mass is 245 g/mol. The minimum absolute atomic E-state index is 0.542. The highest BCUT2D eigenvalue weighted by atomic mass is 32.1. The van der Waals surface area contributed by atoms with Crippen molar-refractivity contribution in [2.45, 2.75) is 13.0 Å². The van der Waals surface area contributed by atoms with E-state index >= 15 is 0 Å². The molecule has 2 aromatic heterocycles. The van der Waals surface area contributed by atoms with E-state index in [1.807, 2.05) is 42.6 Å². The number of aliphatic hydroxyl groups excluding tert-OH is 1. The van der Waals surface area contributed by atoms with Gasteiger partial charge in [0.2, 0.25) is 0 Å². The third-order valence-electron chi connectivity index (χ3n) is 2.58. The second-order valence-corrected chi connectivity index (χ2v) is 4.81. The van der Waals surface area contributed by atoms with E-state index in [2.05, 4.69) is 4.98 Å². The van der Waals surface area contributed by atoms with Gasteiger partial charge in [-0.05, 0) is 19.1 Å². The van der Waals surface area contributed by atoms with Gasteiger partial charge in [-0.3, -0.25) is 0 Å². The summed E-state index contributed by atoms with van der Waals surface area (Å²) in [6.45, 7) is 1.91. The number of rotatable bonds is 2. The number of para-hydroxylation sites is 1. The molecular weight excluding hydrogens is 234 g/mol. The molecule has 3 rings (SSSR count). The maximum absolute atomic E-state index is 10.2. The third-order valence-corrected chi connectivity index (χ3v) is 3.60. The van der Waals surface area contributed by atoms with Crippen molar-refractivity contribution >= 4 is 22.3 Å². The second-order valence-electron chi connectivity index (χ2n) is 3.92. The SMILES string of the molecule is Cc1csc(C(O)c2cc3ccccc3o2)n1. The number of fused-ring (bicyclic) bond motifs is 1. The molecule has 0 saturated heterocycles. The predicted molar refractivity (Wildman–Crippen MR) is 67.1 cm³/mol. The lowest BCUT2D eigenvalue weighted by atomic mass is 10.2. The molecule has 2 heterocycles. The van der Waals surface area contributed by atoms with Crippen molar-refractivity contribution in [1.29, 1.82) is 0 Å². The summed E-state index contributed by atoms with van der Waals surface area (Å²) in [5, 5.41) is 13.7. The van der Waals surface area contributed by atoms with E-state index in [1.165, 1.54) is 11.3 Å². The molecule has 17 heavy (non-hydrogen) atoms. The first kappa shape index (κ1) is 10.5. The quantitative estimate of drug-likeness (QED) is 0.753. The average Bonchev–Trinajstić information content (AvgIpc) is 2.93. The normalized spacial score (nSPS) is 13.1. The van der Waals surface area contributed by atoms with Gasteiger partial charge in [0, 0.05) is 16.5 Å². The van der Waals surface area contributed by atoms with Gasteiger partial charge in [-0.25, -0.2) is 4.98 Å². The Morgan fingerprint density at radius 1 is 1.35 bits per heavy atom. The fourth-order valence-corrected chi connectivity index (χ4v) is 2.54. The lowest BCUT2D eigenvalue weighted by molar-refractivity contribution is 0.191. The zero-order valence-corrected chi connectivity index (χ0v) is 10.1. The maximum Gasteiger partial charge on any atom is 0.163 e. The van der Waals surface area contributed by atoms with Gasteiger partial charge in [-0.15, -0.1) is 11.3 Å². The summed E-state index contributed by atoms with van der Waals surface area (Å²) >= 11 is 1.44. The lowest BCUT2D eigenvalue weighted by Gasteiger charge is -2.02. The first-order chi connectivity index (χ1) is 8.24. The smallest absolute Gasteiger partial charge is 0.163 e. The summed E-state index contributed by atoms with van der Waals surface area (Å²) < 4.78 is 5.61. The highest BCUT2D eigenvalue weighted by molar-refractivity contribution is 7.09. The van der Waals surface area contributed by atoms with Gasteiger partial charge in [0.25, 0.3) is 0 Å². The lowest BCUT2D eigenvalue weighted by Crippen LogP contribution is -1.96. The molecule has 1 N–H and O–H groups in total. The van der Waals surface area contributed by atoms with Gasteiger partial charge in [0.05, 0.1) is 0 Å². The van der Waals surface area contributed by atoms with Crippen LogP contribution in [0, 0.1) is 6.92 Å². The van der Waals surface area contributed by atoms with Crippen LogP contribution < -0.4 is 0 Å². The van der Waals surface area contributed by atoms with Crippen LogP contribution >= 0.6 is 11.3 Å². The molecule has 1 unspecified atom stereocenters. The number of nitrogens with zero attached hydrogens (tertiary/aromatic N) is 1. The van der Waals surface area contributed by atoms with Crippen LogP contribution in [-0.2, 0) is 0 Å². The van der Waals surface area contributed by atoms with Crippen molar-refractivity contribution in [3.05, 3.63) is 52.2 Å². The summed E-state index contributed by atoms with van der Waals surface area (Å²) in [7, 11) is 0. The largest absolute Gasteiger partial charge is 0.458 e. The van der Waals surface area contributed by atoms with E-state index in [0.29, 0.717) is 10.8 Å². The van der Waals surface area contributed by atoms with E-state index in [4.69, 9.17) is 4.42 Å². The first-order valence-electron chi connectivity index (χ1n) is 5.32. The molecule has 1 aromatic carbocycles. The molecule has 0 aliphatic heterocycles. The van der Waals surface area contributed by atoms with Gasteiger partial charge in [-0.2, -0.15) is 0 Å². The van der Waals surface area contributed by atoms with E-state index in [-0.39, 0.29) is 0 Å². The van der Waals surface area contributed by atoms with E-state index < -0.39 is 6.10 Å². The Kier molecular flexibility index (Phi) is 2.46. The number of aliphatic hydroxyl groups is 1. The standard InChI is InChI=1S/C13H11NO2S/c1-8-7-17-13(14-8)12(15)11-6-9-4-2-3-5-10(9)16-11/h2-7,12,15H,1H3. The van der Waals surface area contributed by atoms with Crippen molar-refractivity contribution in [3.8, 4) is 0 Å². The van der Waals surface area contributed by atoms with Crippen molar-refractivity contribution in [3.63, 3.8) is 0 Å². The predicted octanol–water partition coefficient (Wildman–Crippen LogP) is 3.28. The number of benzene rings is 1. The zero-order chi connectivity index (χ0) is 11.8. The van der Waals surface area contributed by atoms with Crippen LogP contribution in [0.1, 0.15) is 22.6 Å². The molecular formula is C13H11NO2S. The van der Waals surface area contributed by atoms with Crippen LogP contribution in [0.4, 0.5) is 0 Å². The number of hydrogen-bond acceptors (Lipinski definition) is 4. The molecule has 0 fully saturated rings. The Bertz CT molecular complexity index is 623. The number of aryl methyl sites for hydroxylation is 1. The zero-order valence-electron chi connectivity index (χ0n) is 9.25. The Labute approximate surface area is 102 Å². The molecule has 0 spiro atoms. The molecule has 0 amide bonds. The molecule has 0 aliphatic carbocycles. The van der Waals surface area contributed by atoms with Crippen LogP contribution in [0.15, 0.2) is 40.1 Å². The summed E-state index contributed by atoms with van der Waals surface area (Å²) in [5.74, 6) is 0.542. The van der Waals surface area contributed by atoms with Gasteiger partial charge in [0.1, 0.15) is 16.4 Å². The molecule has 86 valence electrons. The van der Waals surface area contributed by atoms with E-state index in [1.54, 1.807) is 0 Å². The Morgan fingerprint density at radius 3 is 2.88 bits per heavy atom. The summed E-state index contributed by atoms with van der Waals surface area (Å²) in [6, 6.07) is 9.56. The van der Waals surface area contributed by atoms with Crippen LogP contribution in [-0.4, -0.2) is 10.1 Å². The van der Waals surface area contributed by atoms with Crippen molar-refractivity contribution in [2.75, 3.05) is 0 Å². The molecule has 3 nitrogen and oxygen atoms in total. The summed E-state index contributed by atoms with van der Waals surface area (Å²) in [6.07, 6.45) is -0.777. The highest BCUT2D eigenvalue weighted by Gasteiger charge is 2.18. The number of hydrogen-bond donors (Lipinski definition) is 1. The average molecular weight is 245 g/mol. The van der Waals surface area contributed by atoms with Gasteiger partial charge in [0.15, 0.2) is 6.10 Å². The first-order valence-corrected chi connectivity index (χ1v) is 6.20. The van der Waals surface area contributed by atoms with Gasteiger partial charge < -0.3 is 9.52 Å². The Balaban J connectivity index is 2.03. The minimum atomic E-state index is -0.777. The van der Waals surface area contributed by atoms with Crippen LogP contribution in [0.3, 0.4) is 0 Å². The highest BCUT2D eigenvalue weighted by Crippen LogP contribution is 2.29. The minimum Gasteiger partial charge on any atom is -0.458 e. The topological polar surface area (TPSA) is 46.3 Å². The number of thiazole rings is 1. The molecule has 0 radical (unpaired) electrons. The molecule has 3 aromatic rings. The van der Waals surface area contributed by atoms with E-state index in [0.717, 1.165) is 16.7 Å². The molecule has 0 aliphatic rings. The molecule has 0 bridgehead atoms. The summed E-state index contributed by atoms with van der Waals surface area (Å²) in [4.78, 5) is 4.27.